The molecule has 7 nitrogen and oxygen atoms in total. The lowest BCUT2D eigenvalue weighted by Crippen LogP contribution is -2.44. The summed E-state index contributed by atoms with van der Waals surface area (Å²) < 4.78 is 5.37. The predicted octanol–water partition coefficient (Wildman–Crippen LogP) is 3.39. The van der Waals surface area contributed by atoms with E-state index in [9.17, 15) is 14.7 Å². The van der Waals surface area contributed by atoms with Crippen LogP contribution in [0, 0.1) is 5.92 Å². The number of likely N-dealkylation sites (tertiary alicyclic amines) is 1. The molecule has 0 aromatic heterocycles. The first-order chi connectivity index (χ1) is 14.5. The number of aromatic hydroxyl groups is 1. The van der Waals surface area contributed by atoms with Gasteiger partial charge >= 0.3 is 6.03 Å². The van der Waals surface area contributed by atoms with E-state index >= 15 is 0 Å². The van der Waals surface area contributed by atoms with Gasteiger partial charge in [-0.25, -0.2) is 4.79 Å². The van der Waals surface area contributed by atoms with Crippen LogP contribution in [0.5, 0.6) is 11.5 Å². The van der Waals surface area contributed by atoms with Gasteiger partial charge in [0.15, 0.2) is 0 Å². The number of nitrogens with one attached hydrogen (secondary N) is 2. The predicted molar refractivity (Wildman–Crippen MR) is 116 cm³/mol. The van der Waals surface area contributed by atoms with Gasteiger partial charge in [-0.2, -0.15) is 0 Å². The molecular weight excluding hydrogens is 382 g/mol. The van der Waals surface area contributed by atoms with Crippen molar-refractivity contribution in [3.63, 3.8) is 0 Å². The molecule has 0 atom stereocenters. The summed E-state index contributed by atoms with van der Waals surface area (Å²) in [6.45, 7) is 5.01. The second kappa shape index (κ2) is 10.6. The number of phenolic OH excluding ortho intramolecular Hbond substituents is 1. The fourth-order valence-corrected chi connectivity index (χ4v) is 3.60. The van der Waals surface area contributed by atoms with Crippen LogP contribution in [0.15, 0.2) is 48.5 Å². The quantitative estimate of drug-likeness (QED) is 0.650. The first-order valence-corrected chi connectivity index (χ1v) is 10.4. The molecule has 0 unspecified atom stereocenters. The highest BCUT2D eigenvalue weighted by atomic mass is 16.5. The summed E-state index contributed by atoms with van der Waals surface area (Å²) in [5.74, 6) is 0.626. The Morgan fingerprint density at radius 3 is 2.53 bits per heavy atom. The van der Waals surface area contributed by atoms with Gasteiger partial charge in [-0.3, -0.25) is 10.1 Å². The normalized spacial score (nSPS) is 14.8. The largest absolute Gasteiger partial charge is 0.508 e. The van der Waals surface area contributed by atoms with Gasteiger partial charge in [-0.15, -0.1) is 0 Å². The molecule has 1 heterocycles. The molecule has 1 saturated heterocycles. The molecule has 3 rings (SSSR count). The first-order valence-electron chi connectivity index (χ1n) is 10.4. The van der Waals surface area contributed by atoms with Crippen molar-refractivity contribution in [3.05, 3.63) is 54.1 Å². The molecule has 1 aliphatic rings. The van der Waals surface area contributed by atoms with Gasteiger partial charge in [0.05, 0.1) is 6.61 Å². The molecule has 3 amide bonds. The van der Waals surface area contributed by atoms with Crippen LogP contribution >= 0.6 is 0 Å². The summed E-state index contributed by atoms with van der Waals surface area (Å²) in [6, 6.07) is 13.8. The Balaban J connectivity index is 1.38. The molecule has 3 N–H and O–H groups in total. The van der Waals surface area contributed by atoms with Gasteiger partial charge in [0, 0.05) is 18.2 Å². The molecule has 160 valence electrons. The maximum absolute atomic E-state index is 12.4. The third-order valence-corrected chi connectivity index (χ3v) is 5.25. The van der Waals surface area contributed by atoms with Gasteiger partial charge in [-0.05, 0) is 81.2 Å². The minimum absolute atomic E-state index is 0.159. The van der Waals surface area contributed by atoms with Crippen LogP contribution in [0.2, 0.25) is 0 Å². The summed E-state index contributed by atoms with van der Waals surface area (Å²) in [6.07, 6.45) is 2.31. The molecule has 0 aliphatic carbocycles. The average molecular weight is 412 g/mol. The number of imide groups is 1. The number of carbonyl (C=O) groups excluding carboxylic acids is 2. The van der Waals surface area contributed by atoms with Gasteiger partial charge in [0.1, 0.15) is 11.5 Å². The molecule has 7 heteroatoms. The molecule has 2 aromatic rings. The van der Waals surface area contributed by atoms with Gasteiger partial charge in [0.2, 0.25) is 5.91 Å². The zero-order chi connectivity index (χ0) is 21.3. The van der Waals surface area contributed by atoms with Crippen molar-refractivity contribution in [3.8, 4) is 11.5 Å². The first kappa shape index (κ1) is 21.6. The van der Waals surface area contributed by atoms with Crippen molar-refractivity contribution in [2.75, 3.05) is 31.6 Å². The summed E-state index contributed by atoms with van der Waals surface area (Å²) in [5.41, 5.74) is 1.70. The van der Waals surface area contributed by atoms with Crippen molar-refractivity contribution in [2.45, 2.75) is 26.2 Å². The van der Waals surface area contributed by atoms with Crippen LogP contribution in [-0.4, -0.2) is 48.2 Å². The van der Waals surface area contributed by atoms with E-state index in [1.54, 1.807) is 36.4 Å². The van der Waals surface area contributed by atoms with Crippen LogP contribution < -0.4 is 15.4 Å². The van der Waals surface area contributed by atoms with Crippen LogP contribution in [0.3, 0.4) is 0 Å². The molecule has 0 saturated carbocycles. The van der Waals surface area contributed by atoms with E-state index in [0.29, 0.717) is 12.3 Å². The number of piperidine rings is 1. The smallest absolute Gasteiger partial charge is 0.325 e. The number of hydrogen-bond donors (Lipinski definition) is 3. The van der Waals surface area contributed by atoms with E-state index in [-0.39, 0.29) is 17.6 Å². The molecule has 1 aliphatic heterocycles. The van der Waals surface area contributed by atoms with Crippen LogP contribution in [0.25, 0.3) is 0 Å². The summed E-state index contributed by atoms with van der Waals surface area (Å²) in [7, 11) is 0. The van der Waals surface area contributed by atoms with Crippen molar-refractivity contribution >= 4 is 17.6 Å². The summed E-state index contributed by atoms with van der Waals surface area (Å²) >= 11 is 0. The van der Waals surface area contributed by atoms with E-state index in [2.05, 4.69) is 15.5 Å². The number of amides is 3. The van der Waals surface area contributed by atoms with Crippen molar-refractivity contribution in [1.29, 1.82) is 0 Å². The van der Waals surface area contributed by atoms with E-state index in [0.717, 1.165) is 50.2 Å². The molecule has 30 heavy (non-hydrogen) atoms. The Morgan fingerprint density at radius 2 is 1.87 bits per heavy atom. The third kappa shape index (κ3) is 6.49. The third-order valence-electron chi connectivity index (χ3n) is 5.25. The Morgan fingerprint density at radius 1 is 1.13 bits per heavy atom. The average Bonchev–Trinajstić information content (AvgIpc) is 2.74. The Hall–Kier alpha value is -3.06. The molecule has 2 aromatic carbocycles. The molecular formula is C23H29N3O4. The molecule has 0 bridgehead atoms. The van der Waals surface area contributed by atoms with Gasteiger partial charge in [0.25, 0.3) is 0 Å². The van der Waals surface area contributed by atoms with Crippen LogP contribution in [0.4, 0.5) is 10.5 Å². The van der Waals surface area contributed by atoms with Crippen molar-refractivity contribution in [1.82, 2.24) is 10.2 Å². The molecule has 0 spiro atoms. The highest BCUT2D eigenvalue weighted by Crippen LogP contribution is 2.19. The number of carbonyl (C=O) groups is 2. The Labute approximate surface area is 177 Å². The highest BCUT2D eigenvalue weighted by molar-refractivity contribution is 6.01. The number of rotatable bonds is 7. The second-order valence-corrected chi connectivity index (χ2v) is 7.44. The lowest BCUT2D eigenvalue weighted by atomic mass is 9.95. The maximum Gasteiger partial charge on any atom is 0.325 e. The number of anilines is 1. The van der Waals surface area contributed by atoms with E-state index in [1.165, 1.54) is 0 Å². The fraction of sp³-hybridized carbons (Fsp3) is 0.391. The zero-order valence-electron chi connectivity index (χ0n) is 17.3. The number of nitrogens with zero attached hydrogens (tertiary/aromatic N) is 1. The monoisotopic (exact) mass is 411 g/mol. The molecule has 0 radical (unpaired) electrons. The summed E-state index contributed by atoms with van der Waals surface area (Å²) in [5, 5.41) is 14.7. The number of hydrogen-bond acceptors (Lipinski definition) is 5. The Bertz CT molecular complexity index is 846. The Kier molecular flexibility index (Phi) is 7.68. The lowest BCUT2D eigenvalue weighted by molar-refractivity contribution is -0.125. The van der Waals surface area contributed by atoms with Gasteiger partial charge < -0.3 is 20.1 Å². The number of benzene rings is 2. The number of phenols is 1. The fourth-order valence-electron chi connectivity index (χ4n) is 3.60. The molecule has 1 fully saturated rings. The topological polar surface area (TPSA) is 90.9 Å². The SMILES string of the molecule is CCOc1ccc(NC(=O)NC(=O)C2CCN(CCc3cccc(O)c3)CC2)cc1. The number of ether oxygens (including phenoxy) is 1. The maximum atomic E-state index is 12.4. The standard InChI is InChI=1S/C23H29N3O4/c1-2-30-21-8-6-19(7-9-21)24-23(29)25-22(28)18-11-14-26(15-12-18)13-10-17-4-3-5-20(27)16-17/h3-9,16,18,27H,2,10-15H2,1H3,(H2,24,25,28,29). The van der Waals surface area contributed by atoms with Crippen LogP contribution in [0.1, 0.15) is 25.3 Å². The summed E-state index contributed by atoms with van der Waals surface area (Å²) in [4.78, 5) is 26.9. The van der Waals surface area contributed by atoms with E-state index in [4.69, 9.17) is 4.74 Å². The zero-order valence-corrected chi connectivity index (χ0v) is 17.3. The van der Waals surface area contributed by atoms with Crippen molar-refractivity contribution < 1.29 is 19.4 Å². The minimum Gasteiger partial charge on any atom is -0.508 e. The number of urea groups is 1. The lowest BCUT2D eigenvalue weighted by Gasteiger charge is -2.31. The second-order valence-electron chi connectivity index (χ2n) is 7.44. The van der Waals surface area contributed by atoms with E-state index in [1.807, 2.05) is 19.1 Å². The van der Waals surface area contributed by atoms with Crippen molar-refractivity contribution in [2.24, 2.45) is 5.92 Å². The minimum atomic E-state index is -0.518. The van der Waals surface area contributed by atoms with Gasteiger partial charge in [-0.1, -0.05) is 12.1 Å². The van der Waals surface area contributed by atoms with Crippen LogP contribution in [-0.2, 0) is 11.2 Å². The highest BCUT2D eigenvalue weighted by Gasteiger charge is 2.26. The van der Waals surface area contributed by atoms with E-state index < -0.39 is 6.03 Å².